The molecule has 0 radical (unpaired) electrons. The van der Waals surface area contributed by atoms with E-state index in [1.807, 2.05) is 6.07 Å². The third kappa shape index (κ3) is 4.97. The van der Waals surface area contributed by atoms with Crippen molar-refractivity contribution in [1.82, 2.24) is 0 Å². The second-order valence-corrected chi connectivity index (χ2v) is 6.46. The predicted molar refractivity (Wildman–Crippen MR) is 97.0 cm³/mol. The van der Waals surface area contributed by atoms with Gasteiger partial charge in [0.15, 0.2) is 0 Å². The van der Waals surface area contributed by atoms with Crippen molar-refractivity contribution in [2.24, 2.45) is 0 Å². The number of ether oxygens (including phenoxy) is 1. The van der Waals surface area contributed by atoms with E-state index < -0.39 is 0 Å². The van der Waals surface area contributed by atoms with Gasteiger partial charge in [0.25, 0.3) is 0 Å². The first kappa shape index (κ1) is 17.8. The molecule has 0 aromatic heterocycles. The Hall–Kier alpha value is -1.54. The van der Waals surface area contributed by atoms with Gasteiger partial charge >= 0.3 is 0 Å². The fourth-order valence-corrected chi connectivity index (χ4v) is 3.37. The van der Waals surface area contributed by atoms with E-state index >= 15 is 0 Å². The predicted octanol–water partition coefficient (Wildman–Crippen LogP) is 5.39. The van der Waals surface area contributed by atoms with Gasteiger partial charge in [-0.2, -0.15) is 0 Å². The number of rotatable bonds is 8. The Morgan fingerprint density at radius 2 is 2.17 bits per heavy atom. The number of aliphatic hydroxyl groups is 1. The summed E-state index contributed by atoms with van der Waals surface area (Å²) in [4.78, 5) is 0. The van der Waals surface area contributed by atoms with Crippen LogP contribution in [0.1, 0.15) is 63.9 Å². The second kappa shape index (κ2) is 8.93. The standard InChI is InChI=1S/C21H30O2/c1-4-17-13-14-21(22)20(17)12-7-5-6-9-16(2)18-10-8-11-19(15-18)23-3/h5-6,8,10-11,15-16,21-22H,4,7,9,12-14H2,1-3H3. The van der Waals surface area contributed by atoms with Crippen LogP contribution >= 0.6 is 0 Å². The topological polar surface area (TPSA) is 29.5 Å². The lowest BCUT2D eigenvalue weighted by Crippen LogP contribution is -2.04. The first-order valence-corrected chi connectivity index (χ1v) is 8.83. The van der Waals surface area contributed by atoms with Crippen LogP contribution < -0.4 is 4.74 Å². The van der Waals surface area contributed by atoms with Gasteiger partial charge < -0.3 is 9.84 Å². The fraction of sp³-hybridized carbons (Fsp3) is 0.524. The molecule has 0 saturated carbocycles. The van der Waals surface area contributed by atoms with E-state index in [-0.39, 0.29) is 6.10 Å². The summed E-state index contributed by atoms with van der Waals surface area (Å²) in [6, 6.07) is 8.31. The maximum Gasteiger partial charge on any atom is 0.119 e. The molecule has 0 saturated heterocycles. The lowest BCUT2D eigenvalue weighted by Gasteiger charge is -2.11. The molecule has 0 amide bonds. The van der Waals surface area contributed by atoms with Gasteiger partial charge in [-0.3, -0.25) is 0 Å². The Kier molecular flexibility index (Phi) is 6.91. The highest BCUT2D eigenvalue weighted by Crippen LogP contribution is 2.31. The van der Waals surface area contributed by atoms with Crippen LogP contribution in [0.5, 0.6) is 5.75 Å². The molecular weight excluding hydrogens is 284 g/mol. The molecule has 0 heterocycles. The Balaban J connectivity index is 1.80. The molecule has 0 spiro atoms. The zero-order valence-corrected chi connectivity index (χ0v) is 14.7. The largest absolute Gasteiger partial charge is 0.497 e. The van der Waals surface area contributed by atoms with E-state index in [1.165, 1.54) is 16.7 Å². The molecule has 23 heavy (non-hydrogen) atoms. The van der Waals surface area contributed by atoms with Crippen molar-refractivity contribution in [2.45, 2.75) is 64.4 Å². The van der Waals surface area contributed by atoms with E-state index in [1.54, 1.807) is 7.11 Å². The molecule has 0 fully saturated rings. The summed E-state index contributed by atoms with van der Waals surface area (Å²) >= 11 is 0. The Morgan fingerprint density at radius 3 is 2.91 bits per heavy atom. The summed E-state index contributed by atoms with van der Waals surface area (Å²) < 4.78 is 5.29. The summed E-state index contributed by atoms with van der Waals surface area (Å²) in [5, 5.41) is 10.0. The molecule has 1 N–H and O–H groups in total. The van der Waals surface area contributed by atoms with Crippen LogP contribution in [-0.2, 0) is 0 Å². The molecule has 1 aliphatic rings. The molecule has 2 nitrogen and oxygen atoms in total. The van der Waals surface area contributed by atoms with Crippen LogP contribution in [0.25, 0.3) is 0 Å². The van der Waals surface area contributed by atoms with Gasteiger partial charge in [-0.15, -0.1) is 0 Å². The smallest absolute Gasteiger partial charge is 0.119 e. The third-order valence-electron chi connectivity index (χ3n) is 4.90. The van der Waals surface area contributed by atoms with Crippen LogP contribution in [0.15, 0.2) is 47.6 Å². The van der Waals surface area contributed by atoms with E-state index in [9.17, 15) is 5.11 Å². The van der Waals surface area contributed by atoms with Crippen LogP contribution in [0.3, 0.4) is 0 Å². The molecule has 2 rings (SSSR count). The Labute approximate surface area is 140 Å². The summed E-state index contributed by atoms with van der Waals surface area (Å²) in [5.41, 5.74) is 4.10. The Bertz CT molecular complexity index is 557. The van der Waals surface area contributed by atoms with Gasteiger partial charge in [0.1, 0.15) is 5.75 Å². The molecule has 126 valence electrons. The summed E-state index contributed by atoms with van der Waals surface area (Å²) in [5.74, 6) is 1.41. The van der Waals surface area contributed by atoms with Gasteiger partial charge in [0, 0.05) is 0 Å². The minimum atomic E-state index is -0.186. The Morgan fingerprint density at radius 1 is 1.35 bits per heavy atom. The van der Waals surface area contributed by atoms with Crippen LogP contribution in [0.4, 0.5) is 0 Å². The molecule has 2 unspecified atom stereocenters. The van der Waals surface area contributed by atoms with Crippen molar-refractivity contribution in [3.63, 3.8) is 0 Å². The first-order chi connectivity index (χ1) is 11.2. The molecule has 0 aliphatic heterocycles. The van der Waals surface area contributed by atoms with Crippen molar-refractivity contribution in [3.8, 4) is 5.75 Å². The fourth-order valence-electron chi connectivity index (χ4n) is 3.37. The SMILES string of the molecule is CCC1=C(CCC=CCC(C)c2cccc(OC)c2)C(O)CC1. The van der Waals surface area contributed by atoms with Gasteiger partial charge in [0.2, 0.25) is 0 Å². The number of hydrogen-bond acceptors (Lipinski definition) is 2. The highest BCUT2D eigenvalue weighted by molar-refractivity contribution is 5.30. The van der Waals surface area contributed by atoms with Crippen LogP contribution in [-0.4, -0.2) is 18.3 Å². The first-order valence-electron chi connectivity index (χ1n) is 8.83. The maximum atomic E-state index is 10.0. The highest BCUT2D eigenvalue weighted by atomic mass is 16.5. The van der Waals surface area contributed by atoms with Gasteiger partial charge in [-0.1, -0.05) is 43.7 Å². The second-order valence-electron chi connectivity index (χ2n) is 6.46. The maximum absolute atomic E-state index is 10.0. The monoisotopic (exact) mass is 314 g/mol. The minimum Gasteiger partial charge on any atom is -0.497 e. The molecule has 0 bridgehead atoms. The quantitative estimate of drug-likeness (QED) is 0.652. The zero-order chi connectivity index (χ0) is 16.7. The van der Waals surface area contributed by atoms with E-state index in [0.29, 0.717) is 5.92 Å². The minimum absolute atomic E-state index is 0.186. The van der Waals surface area contributed by atoms with Crippen molar-refractivity contribution in [1.29, 1.82) is 0 Å². The van der Waals surface area contributed by atoms with E-state index in [2.05, 4.69) is 44.2 Å². The van der Waals surface area contributed by atoms with Gasteiger partial charge in [-0.25, -0.2) is 0 Å². The van der Waals surface area contributed by atoms with Crippen molar-refractivity contribution in [3.05, 3.63) is 53.1 Å². The summed E-state index contributed by atoms with van der Waals surface area (Å²) in [7, 11) is 1.71. The number of methoxy groups -OCH3 is 1. The van der Waals surface area contributed by atoms with Crippen molar-refractivity contribution >= 4 is 0 Å². The lowest BCUT2D eigenvalue weighted by molar-refractivity contribution is 0.208. The number of hydrogen-bond donors (Lipinski definition) is 1. The van der Waals surface area contributed by atoms with E-state index in [0.717, 1.165) is 44.3 Å². The third-order valence-corrected chi connectivity index (χ3v) is 4.90. The molecule has 1 aromatic rings. The van der Waals surface area contributed by atoms with Gasteiger partial charge in [0.05, 0.1) is 13.2 Å². The number of aliphatic hydroxyl groups excluding tert-OH is 1. The molecule has 1 aliphatic carbocycles. The lowest BCUT2D eigenvalue weighted by atomic mass is 9.97. The molecule has 1 aromatic carbocycles. The van der Waals surface area contributed by atoms with Gasteiger partial charge in [-0.05, 0) is 67.7 Å². The van der Waals surface area contributed by atoms with Crippen LogP contribution in [0, 0.1) is 0 Å². The van der Waals surface area contributed by atoms with Crippen molar-refractivity contribution < 1.29 is 9.84 Å². The summed E-state index contributed by atoms with van der Waals surface area (Å²) in [6.45, 7) is 4.44. The summed E-state index contributed by atoms with van der Waals surface area (Å²) in [6.07, 6.45) is 10.5. The van der Waals surface area contributed by atoms with Crippen molar-refractivity contribution in [2.75, 3.05) is 7.11 Å². The average molecular weight is 314 g/mol. The number of allylic oxidation sites excluding steroid dienone is 3. The average Bonchev–Trinajstić information content (AvgIpc) is 2.94. The van der Waals surface area contributed by atoms with Crippen LogP contribution in [0.2, 0.25) is 0 Å². The highest BCUT2D eigenvalue weighted by Gasteiger charge is 2.21. The molecule has 2 atom stereocenters. The van der Waals surface area contributed by atoms with E-state index in [4.69, 9.17) is 4.74 Å². The molecule has 2 heteroatoms. The number of benzene rings is 1. The normalized spacial score (nSPS) is 19.6. The zero-order valence-electron chi connectivity index (χ0n) is 14.7. The molecular formula is C21H30O2.